The molecule has 0 amide bonds. The van der Waals surface area contributed by atoms with Crippen molar-refractivity contribution in [2.45, 2.75) is 50.7 Å². The van der Waals surface area contributed by atoms with E-state index in [4.69, 9.17) is 9.84 Å². The first-order chi connectivity index (χ1) is 8.72. The molecule has 0 aromatic heterocycles. The first kappa shape index (κ1) is 13.6. The van der Waals surface area contributed by atoms with E-state index in [2.05, 4.69) is 12.2 Å². The van der Waals surface area contributed by atoms with Crippen LogP contribution >= 0.6 is 0 Å². The molecule has 0 unspecified atom stereocenters. The molecule has 2 saturated heterocycles. The summed E-state index contributed by atoms with van der Waals surface area (Å²) in [5.41, 5.74) is 0. The van der Waals surface area contributed by atoms with Crippen molar-refractivity contribution >= 4 is 5.97 Å². The minimum absolute atomic E-state index is 0.221. The molecule has 2 aliphatic rings. The van der Waals surface area contributed by atoms with Crippen molar-refractivity contribution in [1.29, 1.82) is 0 Å². The highest BCUT2D eigenvalue weighted by atomic mass is 16.5. The molecule has 0 radical (unpaired) electrons. The number of carboxylic acids is 1. The van der Waals surface area contributed by atoms with E-state index in [0.29, 0.717) is 24.4 Å². The molecule has 2 heterocycles. The molecule has 2 aliphatic heterocycles. The highest BCUT2D eigenvalue weighted by molar-refractivity contribution is 5.66. The van der Waals surface area contributed by atoms with Crippen LogP contribution in [0, 0.1) is 11.8 Å². The summed E-state index contributed by atoms with van der Waals surface area (Å²) < 4.78 is 5.83. The number of carbonyl (C=O) groups is 1. The van der Waals surface area contributed by atoms with Crippen molar-refractivity contribution < 1.29 is 19.7 Å². The van der Waals surface area contributed by atoms with E-state index in [1.165, 1.54) is 0 Å². The second-order valence-corrected chi connectivity index (χ2v) is 5.29. The van der Waals surface area contributed by atoms with Crippen LogP contribution in [0.1, 0.15) is 38.5 Å². The molecule has 2 fully saturated rings. The van der Waals surface area contributed by atoms with Gasteiger partial charge in [0, 0.05) is 18.9 Å². The fourth-order valence-corrected chi connectivity index (χ4v) is 3.19. The predicted molar refractivity (Wildman–Crippen MR) is 67.2 cm³/mol. The summed E-state index contributed by atoms with van der Waals surface area (Å²) >= 11 is 0. The molecule has 4 atom stereocenters. The van der Waals surface area contributed by atoms with Gasteiger partial charge in [0.05, 0.1) is 12.2 Å². The zero-order valence-electron chi connectivity index (χ0n) is 10.6. The van der Waals surface area contributed by atoms with E-state index in [0.717, 1.165) is 25.7 Å². The molecule has 0 aromatic rings. The Hall–Kier alpha value is -0.870. The molecule has 0 spiro atoms. The van der Waals surface area contributed by atoms with Gasteiger partial charge < -0.3 is 14.9 Å². The molecular formula is C14H22O4. The standard InChI is InChI=1S/C14H22O4/c15-9-11-10(12-7-8-13(11)18-12)5-3-1-2-4-6-14(16)17/h1,3,10-13,15H,2,4-9H2,(H,16,17)/b3-1-/t10-,11-,12+,13-/m0/s1. The van der Waals surface area contributed by atoms with Crippen LogP contribution in [0.25, 0.3) is 0 Å². The van der Waals surface area contributed by atoms with Crippen molar-refractivity contribution in [3.63, 3.8) is 0 Å². The number of hydrogen-bond acceptors (Lipinski definition) is 3. The lowest BCUT2D eigenvalue weighted by Crippen LogP contribution is -2.29. The Balaban J connectivity index is 1.69. The first-order valence-electron chi connectivity index (χ1n) is 6.85. The fourth-order valence-electron chi connectivity index (χ4n) is 3.19. The normalized spacial score (nSPS) is 34.5. The zero-order chi connectivity index (χ0) is 13.0. The summed E-state index contributed by atoms with van der Waals surface area (Å²) in [4.78, 5) is 10.3. The number of fused-ring (bicyclic) bond motifs is 2. The van der Waals surface area contributed by atoms with Gasteiger partial charge in [0.2, 0.25) is 0 Å². The van der Waals surface area contributed by atoms with Gasteiger partial charge in [-0.2, -0.15) is 0 Å². The van der Waals surface area contributed by atoms with E-state index in [1.54, 1.807) is 0 Å². The van der Waals surface area contributed by atoms with Crippen LogP contribution in [-0.2, 0) is 9.53 Å². The number of rotatable bonds is 7. The van der Waals surface area contributed by atoms with Gasteiger partial charge in [-0.25, -0.2) is 0 Å². The average Bonchev–Trinajstić information content (AvgIpc) is 2.93. The Morgan fingerprint density at radius 2 is 1.94 bits per heavy atom. The molecule has 4 heteroatoms. The lowest BCUT2D eigenvalue weighted by molar-refractivity contribution is -0.137. The van der Waals surface area contributed by atoms with Crippen LogP contribution in [0.4, 0.5) is 0 Å². The second-order valence-electron chi connectivity index (χ2n) is 5.29. The summed E-state index contributed by atoms with van der Waals surface area (Å²) in [7, 11) is 0. The van der Waals surface area contributed by atoms with Crippen LogP contribution in [0.2, 0.25) is 0 Å². The summed E-state index contributed by atoms with van der Waals surface area (Å²) in [6.07, 6.45) is 9.69. The van der Waals surface area contributed by atoms with Crippen LogP contribution in [0.3, 0.4) is 0 Å². The van der Waals surface area contributed by atoms with Crippen LogP contribution in [0.5, 0.6) is 0 Å². The zero-order valence-corrected chi connectivity index (χ0v) is 10.6. The lowest BCUT2D eigenvalue weighted by atomic mass is 9.78. The van der Waals surface area contributed by atoms with E-state index < -0.39 is 5.97 Å². The summed E-state index contributed by atoms with van der Waals surface area (Å²) in [5.74, 6) is 0.0159. The van der Waals surface area contributed by atoms with Gasteiger partial charge in [-0.15, -0.1) is 0 Å². The maximum atomic E-state index is 10.3. The van der Waals surface area contributed by atoms with Crippen LogP contribution < -0.4 is 0 Å². The van der Waals surface area contributed by atoms with Gasteiger partial charge in [-0.3, -0.25) is 4.79 Å². The van der Waals surface area contributed by atoms with E-state index >= 15 is 0 Å². The highest BCUT2D eigenvalue weighted by Crippen LogP contribution is 2.44. The maximum Gasteiger partial charge on any atom is 0.303 e. The van der Waals surface area contributed by atoms with E-state index in [9.17, 15) is 9.90 Å². The SMILES string of the molecule is O=C(O)CCC/C=C\C[C@H]1[C@H](CO)[C@@H]2CC[C@H]1O2. The molecule has 18 heavy (non-hydrogen) atoms. The Morgan fingerprint density at radius 1 is 1.22 bits per heavy atom. The number of allylic oxidation sites excluding steroid dienone is 2. The minimum Gasteiger partial charge on any atom is -0.481 e. The van der Waals surface area contributed by atoms with Crippen molar-refractivity contribution in [3.05, 3.63) is 12.2 Å². The molecule has 2 rings (SSSR count). The number of hydrogen-bond donors (Lipinski definition) is 2. The summed E-state index contributed by atoms with van der Waals surface area (Å²) in [5, 5.41) is 17.9. The van der Waals surface area contributed by atoms with Crippen molar-refractivity contribution in [3.8, 4) is 0 Å². The van der Waals surface area contributed by atoms with Gasteiger partial charge in [0.15, 0.2) is 0 Å². The second kappa shape index (κ2) is 6.34. The molecule has 2 N–H and O–H groups in total. The summed E-state index contributed by atoms with van der Waals surface area (Å²) in [6.45, 7) is 0.221. The molecule has 102 valence electrons. The number of aliphatic hydroxyl groups is 1. The number of unbranched alkanes of at least 4 members (excludes halogenated alkanes) is 1. The highest BCUT2D eigenvalue weighted by Gasteiger charge is 2.47. The molecule has 4 nitrogen and oxygen atoms in total. The van der Waals surface area contributed by atoms with Crippen molar-refractivity contribution in [2.75, 3.05) is 6.61 Å². The third-order valence-corrected chi connectivity index (χ3v) is 4.14. The average molecular weight is 254 g/mol. The van der Waals surface area contributed by atoms with Gasteiger partial charge in [0.1, 0.15) is 0 Å². The largest absolute Gasteiger partial charge is 0.481 e. The fraction of sp³-hybridized carbons (Fsp3) is 0.786. The number of aliphatic carboxylic acids is 1. The molecule has 0 aliphatic carbocycles. The Labute approximate surface area is 108 Å². The topological polar surface area (TPSA) is 66.8 Å². The van der Waals surface area contributed by atoms with Crippen LogP contribution in [0.15, 0.2) is 12.2 Å². The smallest absolute Gasteiger partial charge is 0.303 e. The van der Waals surface area contributed by atoms with E-state index in [1.807, 2.05) is 0 Å². The van der Waals surface area contributed by atoms with E-state index in [-0.39, 0.29) is 19.1 Å². The van der Waals surface area contributed by atoms with Gasteiger partial charge >= 0.3 is 5.97 Å². The van der Waals surface area contributed by atoms with Crippen molar-refractivity contribution in [2.24, 2.45) is 11.8 Å². The number of ether oxygens (including phenoxy) is 1. The predicted octanol–water partition coefficient (Wildman–Crippen LogP) is 1.97. The Bertz CT molecular complexity index is 313. The third kappa shape index (κ3) is 3.12. The first-order valence-corrected chi connectivity index (χ1v) is 6.85. The quantitative estimate of drug-likeness (QED) is 0.538. The Morgan fingerprint density at radius 3 is 2.61 bits per heavy atom. The lowest BCUT2D eigenvalue weighted by Gasteiger charge is -2.25. The third-order valence-electron chi connectivity index (χ3n) is 4.14. The monoisotopic (exact) mass is 254 g/mol. The number of aliphatic hydroxyl groups excluding tert-OH is 1. The molecule has 0 aromatic carbocycles. The minimum atomic E-state index is -0.731. The molecular weight excluding hydrogens is 232 g/mol. The number of carboxylic acid groups (broad SMARTS) is 1. The van der Waals surface area contributed by atoms with Gasteiger partial charge in [-0.05, 0) is 38.0 Å². The van der Waals surface area contributed by atoms with Gasteiger partial charge in [0.25, 0.3) is 0 Å². The molecule has 2 bridgehead atoms. The summed E-state index contributed by atoms with van der Waals surface area (Å²) in [6, 6.07) is 0. The van der Waals surface area contributed by atoms with Crippen LogP contribution in [-0.4, -0.2) is 35.0 Å². The maximum absolute atomic E-state index is 10.3. The van der Waals surface area contributed by atoms with Gasteiger partial charge in [-0.1, -0.05) is 12.2 Å². The Kier molecular flexibility index (Phi) is 4.78. The van der Waals surface area contributed by atoms with Crippen molar-refractivity contribution in [1.82, 2.24) is 0 Å². The molecule has 0 saturated carbocycles.